The van der Waals surface area contributed by atoms with Gasteiger partial charge in [0.1, 0.15) is 28.7 Å². The molecule has 1 aromatic rings. The van der Waals surface area contributed by atoms with Crippen molar-refractivity contribution in [1.82, 2.24) is 4.90 Å². The Morgan fingerprint density at radius 2 is 1.86 bits per heavy atom. The molecule has 0 unspecified atom stereocenters. The number of allylic oxidation sites excluding steroid dienone is 2. The van der Waals surface area contributed by atoms with Crippen LogP contribution >= 0.6 is 0 Å². The molecular weight excluding hydrogens is 483 g/mol. The maximum Gasteiger partial charge on any atom is 0.255 e. The van der Waals surface area contributed by atoms with Gasteiger partial charge in [-0.2, -0.15) is 0 Å². The number of phenolic OH excluding ortho intramolecular Hbond substituents is 1. The Kier molecular flexibility index (Phi) is 6.71. The number of carbonyl (C=O) groups excluding carboxylic acids is 3. The first-order valence-electron chi connectivity index (χ1n) is 12.5. The van der Waals surface area contributed by atoms with Gasteiger partial charge in [0.15, 0.2) is 11.4 Å². The number of fused-ring (bicyclic) bond motifs is 3. The molecular formula is C27H33FN2O7. The molecule has 0 aromatic heterocycles. The van der Waals surface area contributed by atoms with Crippen molar-refractivity contribution in [3.63, 3.8) is 0 Å². The van der Waals surface area contributed by atoms with Crippen LogP contribution in [0.15, 0.2) is 28.7 Å². The van der Waals surface area contributed by atoms with Crippen molar-refractivity contribution in [3.05, 3.63) is 51.2 Å². The number of nitrogens with zero attached hydrogens (tertiary/aromatic N) is 1. The number of benzene rings is 1. The van der Waals surface area contributed by atoms with Gasteiger partial charge >= 0.3 is 0 Å². The molecule has 1 amide bonds. The Bertz CT molecular complexity index is 1270. The number of aromatic hydroxyl groups is 1. The highest BCUT2D eigenvalue weighted by Crippen LogP contribution is 2.51. The summed E-state index contributed by atoms with van der Waals surface area (Å²) in [5.41, 5.74) is 1.34. The molecule has 9 nitrogen and oxygen atoms in total. The Hall–Kier alpha value is -3.24. The van der Waals surface area contributed by atoms with Crippen molar-refractivity contribution in [2.24, 2.45) is 23.5 Å². The SMILES string of the molecule is CCN(Cc1cc(O)c2c(c1F)C[C@H]1C[C@H]3CC(O)=C(C(N)=O)C(=O)[C@@]3(O)C(O)=C1C2=O)[C@H](C)C(C)C. The van der Waals surface area contributed by atoms with Crippen molar-refractivity contribution in [1.29, 1.82) is 0 Å². The highest BCUT2D eigenvalue weighted by molar-refractivity contribution is 6.24. The van der Waals surface area contributed by atoms with Gasteiger partial charge in [-0.05, 0) is 44.2 Å². The zero-order chi connectivity index (χ0) is 27.6. The quantitative estimate of drug-likeness (QED) is 0.361. The molecule has 0 spiro atoms. The van der Waals surface area contributed by atoms with Crippen LogP contribution in [0.5, 0.6) is 5.75 Å². The first-order chi connectivity index (χ1) is 17.2. The zero-order valence-electron chi connectivity index (χ0n) is 21.3. The molecule has 3 aliphatic carbocycles. The van der Waals surface area contributed by atoms with Crippen LogP contribution in [0.3, 0.4) is 0 Å². The van der Waals surface area contributed by atoms with Crippen molar-refractivity contribution in [2.45, 2.75) is 65.1 Å². The first-order valence-corrected chi connectivity index (χ1v) is 12.5. The number of ketones is 2. The summed E-state index contributed by atoms with van der Waals surface area (Å²) in [6.45, 7) is 8.99. The summed E-state index contributed by atoms with van der Waals surface area (Å²) in [6.07, 6.45) is -0.436. The summed E-state index contributed by atoms with van der Waals surface area (Å²) in [5, 5.41) is 43.3. The Morgan fingerprint density at radius 1 is 1.22 bits per heavy atom. The number of primary amides is 1. The van der Waals surface area contributed by atoms with Crippen molar-refractivity contribution in [2.75, 3.05) is 6.54 Å². The van der Waals surface area contributed by atoms with E-state index >= 15 is 4.39 Å². The third kappa shape index (κ3) is 3.93. The highest BCUT2D eigenvalue weighted by atomic mass is 19.1. The Morgan fingerprint density at radius 3 is 2.43 bits per heavy atom. The average Bonchev–Trinajstić information content (AvgIpc) is 2.81. The molecule has 0 radical (unpaired) electrons. The standard InChI is InChI=1S/C27H33FN2O7/c1-5-30(12(4)11(2)3)10-14-8-17(31)20-16(22(14)28)7-13-6-15-9-18(32)21(26(29)36)25(35)27(15,37)24(34)19(13)23(20)33/h8,11-13,15,31-32,34,37H,5-7,9-10H2,1-4H3,(H2,29,36)/t12-,13-,15+,27+/m1/s1. The van der Waals surface area contributed by atoms with Gasteiger partial charge in [0, 0.05) is 41.6 Å². The fraction of sp³-hybridized carbons (Fsp3) is 0.519. The minimum Gasteiger partial charge on any atom is -0.511 e. The zero-order valence-corrected chi connectivity index (χ0v) is 21.3. The molecule has 0 heterocycles. The summed E-state index contributed by atoms with van der Waals surface area (Å²) >= 11 is 0. The molecule has 0 saturated carbocycles. The molecule has 1 aromatic carbocycles. The van der Waals surface area contributed by atoms with E-state index < -0.39 is 63.6 Å². The summed E-state index contributed by atoms with van der Waals surface area (Å²) in [5.74, 6) is -7.61. The highest BCUT2D eigenvalue weighted by Gasteiger charge is 2.59. The first kappa shape index (κ1) is 26.8. The van der Waals surface area contributed by atoms with Crippen molar-refractivity contribution < 1.29 is 39.2 Å². The third-order valence-electron chi connectivity index (χ3n) is 8.39. The number of hydrogen-bond acceptors (Lipinski definition) is 8. The van der Waals surface area contributed by atoms with E-state index in [1.807, 2.05) is 13.8 Å². The van der Waals surface area contributed by atoms with Crippen LogP contribution < -0.4 is 5.73 Å². The maximum absolute atomic E-state index is 15.8. The molecule has 200 valence electrons. The number of aliphatic hydroxyl groups is 3. The minimum absolute atomic E-state index is 0.0139. The average molecular weight is 517 g/mol. The lowest BCUT2D eigenvalue weighted by Crippen LogP contribution is -2.57. The largest absolute Gasteiger partial charge is 0.511 e. The number of carbonyl (C=O) groups is 3. The fourth-order valence-corrected chi connectivity index (χ4v) is 6.02. The summed E-state index contributed by atoms with van der Waals surface area (Å²) in [7, 11) is 0. The normalized spacial score (nSPS) is 26.4. The van der Waals surface area contributed by atoms with Crippen LogP contribution in [-0.2, 0) is 22.6 Å². The van der Waals surface area contributed by atoms with Crippen LogP contribution in [0.4, 0.5) is 4.39 Å². The second kappa shape index (κ2) is 9.25. The number of phenols is 1. The van der Waals surface area contributed by atoms with Gasteiger partial charge in [-0.3, -0.25) is 19.3 Å². The van der Waals surface area contributed by atoms with E-state index in [1.165, 1.54) is 6.07 Å². The number of aliphatic hydroxyl groups excluding tert-OH is 2. The molecule has 0 fully saturated rings. The lowest BCUT2D eigenvalue weighted by atomic mass is 9.60. The summed E-state index contributed by atoms with van der Waals surface area (Å²) in [4.78, 5) is 40.3. The molecule has 0 aliphatic heterocycles. The van der Waals surface area contributed by atoms with E-state index in [0.717, 1.165) is 0 Å². The molecule has 3 aliphatic rings. The van der Waals surface area contributed by atoms with Gasteiger partial charge in [0.25, 0.3) is 5.91 Å². The van der Waals surface area contributed by atoms with Crippen LogP contribution in [0.1, 0.15) is 62.0 Å². The van der Waals surface area contributed by atoms with Gasteiger partial charge in [0.2, 0.25) is 5.78 Å². The van der Waals surface area contributed by atoms with E-state index in [-0.39, 0.29) is 54.1 Å². The lowest BCUT2D eigenvalue weighted by molar-refractivity contribution is -0.144. The van der Waals surface area contributed by atoms with Gasteiger partial charge in [0.05, 0.1) is 5.56 Å². The van der Waals surface area contributed by atoms with E-state index in [4.69, 9.17) is 5.73 Å². The topological polar surface area (TPSA) is 161 Å². The predicted octanol–water partition coefficient (Wildman–Crippen LogP) is 2.59. The van der Waals surface area contributed by atoms with Crippen LogP contribution in [0, 0.1) is 23.6 Å². The number of hydrogen-bond donors (Lipinski definition) is 5. The Balaban J connectivity index is 1.80. The molecule has 10 heteroatoms. The third-order valence-corrected chi connectivity index (χ3v) is 8.39. The number of rotatable bonds is 6. The lowest BCUT2D eigenvalue weighted by Gasteiger charge is -2.45. The van der Waals surface area contributed by atoms with Crippen LogP contribution in [-0.4, -0.2) is 61.0 Å². The summed E-state index contributed by atoms with van der Waals surface area (Å²) in [6, 6.07) is 1.35. The van der Waals surface area contributed by atoms with E-state index in [0.29, 0.717) is 12.5 Å². The van der Waals surface area contributed by atoms with E-state index in [9.17, 15) is 34.8 Å². The van der Waals surface area contributed by atoms with Crippen molar-refractivity contribution >= 4 is 17.5 Å². The number of Topliss-reactive ketones (excluding diaryl/α,β-unsaturated/α-hetero) is 2. The van der Waals surface area contributed by atoms with E-state index in [2.05, 4.69) is 18.7 Å². The second-order valence-electron chi connectivity index (χ2n) is 10.7. The monoisotopic (exact) mass is 516 g/mol. The molecule has 6 N–H and O–H groups in total. The smallest absolute Gasteiger partial charge is 0.255 e. The second-order valence-corrected chi connectivity index (χ2v) is 10.7. The van der Waals surface area contributed by atoms with Gasteiger partial charge in [-0.15, -0.1) is 0 Å². The van der Waals surface area contributed by atoms with Crippen LogP contribution in [0.2, 0.25) is 0 Å². The molecule has 37 heavy (non-hydrogen) atoms. The molecule has 4 atom stereocenters. The van der Waals surface area contributed by atoms with Gasteiger partial charge in [-0.1, -0.05) is 20.8 Å². The number of halogens is 1. The van der Waals surface area contributed by atoms with Gasteiger partial charge < -0.3 is 26.2 Å². The summed E-state index contributed by atoms with van der Waals surface area (Å²) < 4.78 is 15.8. The fourth-order valence-electron chi connectivity index (χ4n) is 6.02. The maximum atomic E-state index is 15.8. The molecule has 0 saturated heterocycles. The number of amides is 1. The number of nitrogens with two attached hydrogens (primary N) is 1. The van der Waals surface area contributed by atoms with Gasteiger partial charge in [-0.25, -0.2) is 4.39 Å². The molecule has 0 bridgehead atoms. The predicted molar refractivity (Wildman–Crippen MR) is 131 cm³/mol. The Labute approximate surface area is 214 Å². The van der Waals surface area contributed by atoms with Crippen molar-refractivity contribution in [3.8, 4) is 5.75 Å². The van der Waals surface area contributed by atoms with Crippen LogP contribution in [0.25, 0.3) is 0 Å². The molecule has 4 rings (SSSR count). The minimum atomic E-state index is -2.64. The van der Waals surface area contributed by atoms with E-state index in [1.54, 1.807) is 0 Å².